The molecule has 11 nitrogen and oxygen atoms in total. The predicted molar refractivity (Wildman–Crippen MR) is 106 cm³/mol. The van der Waals surface area contributed by atoms with Crippen molar-refractivity contribution in [2.24, 2.45) is 0 Å². The summed E-state index contributed by atoms with van der Waals surface area (Å²) in [5.41, 5.74) is 3.02. The average Bonchev–Trinajstić information content (AvgIpc) is 3.28. The van der Waals surface area contributed by atoms with E-state index in [0.29, 0.717) is 29.2 Å². The number of carbonyl (C=O) groups is 2. The Bertz CT molecular complexity index is 1120. The zero-order valence-corrected chi connectivity index (χ0v) is 16.7. The molecule has 0 bridgehead atoms. The molecule has 3 aromatic rings. The Labute approximate surface area is 171 Å². The van der Waals surface area contributed by atoms with Crippen LogP contribution in [0.1, 0.15) is 27.3 Å². The Morgan fingerprint density at radius 2 is 1.93 bits per heavy atom. The fourth-order valence-corrected chi connectivity index (χ4v) is 3.02. The third-order valence-corrected chi connectivity index (χ3v) is 4.51. The summed E-state index contributed by atoms with van der Waals surface area (Å²) in [5.74, 6) is -1.16. The van der Waals surface area contributed by atoms with Crippen molar-refractivity contribution < 1.29 is 19.2 Å². The fraction of sp³-hybridized carbons (Fsp3) is 0.263. The SMILES string of the molecule is COC(=O)c1ccccc1Cn1nc(C)c(NC(=O)Cn2ccc([N+](=O)[O-])n2)c1C. The van der Waals surface area contributed by atoms with Crippen LogP contribution in [0.25, 0.3) is 0 Å². The molecule has 0 saturated carbocycles. The van der Waals surface area contributed by atoms with Gasteiger partial charge in [0.1, 0.15) is 6.54 Å². The molecular weight excluding hydrogens is 392 g/mol. The van der Waals surface area contributed by atoms with E-state index in [-0.39, 0.29) is 12.4 Å². The highest BCUT2D eigenvalue weighted by molar-refractivity contribution is 5.92. The number of esters is 1. The number of carbonyl (C=O) groups excluding carboxylic acids is 2. The van der Waals surface area contributed by atoms with Crippen molar-refractivity contribution >= 4 is 23.4 Å². The zero-order chi connectivity index (χ0) is 21.8. The number of hydrogen-bond donors (Lipinski definition) is 1. The number of hydrogen-bond acceptors (Lipinski definition) is 7. The standard InChI is InChI=1S/C19H20N6O5/c1-12-18(20-17(26)11-23-9-8-16(22-23)25(28)29)13(2)24(21-12)10-14-6-4-5-7-15(14)19(27)30-3/h4-9H,10-11H2,1-3H3,(H,20,26). The van der Waals surface area contributed by atoms with E-state index >= 15 is 0 Å². The van der Waals surface area contributed by atoms with Crippen molar-refractivity contribution in [3.8, 4) is 0 Å². The summed E-state index contributed by atoms with van der Waals surface area (Å²) in [6.45, 7) is 3.70. The molecule has 0 aliphatic carbocycles. The number of rotatable bonds is 7. The van der Waals surface area contributed by atoms with Crippen molar-refractivity contribution in [2.75, 3.05) is 12.4 Å². The van der Waals surface area contributed by atoms with Crippen LogP contribution >= 0.6 is 0 Å². The number of nitrogens with zero attached hydrogens (tertiary/aromatic N) is 5. The van der Waals surface area contributed by atoms with Crippen molar-refractivity contribution in [2.45, 2.75) is 26.9 Å². The molecule has 0 saturated heterocycles. The molecule has 0 unspecified atom stereocenters. The van der Waals surface area contributed by atoms with E-state index in [1.54, 1.807) is 30.7 Å². The lowest BCUT2D eigenvalue weighted by Gasteiger charge is -2.10. The number of benzene rings is 1. The Morgan fingerprint density at radius 1 is 1.20 bits per heavy atom. The number of methoxy groups -OCH3 is 1. The summed E-state index contributed by atoms with van der Waals surface area (Å²) in [4.78, 5) is 34.4. The molecule has 1 amide bonds. The van der Waals surface area contributed by atoms with E-state index in [1.165, 1.54) is 24.1 Å². The van der Waals surface area contributed by atoms with E-state index in [1.807, 2.05) is 12.1 Å². The number of ether oxygens (including phenoxy) is 1. The Morgan fingerprint density at radius 3 is 2.60 bits per heavy atom. The highest BCUT2D eigenvalue weighted by atomic mass is 16.6. The maximum Gasteiger partial charge on any atom is 0.389 e. The maximum atomic E-state index is 12.4. The van der Waals surface area contributed by atoms with Gasteiger partial charge in [0.15, 0.2) is 0 Å². The Balaban J connectivity index is 1.76. The van der Waals surface area contributed by atoms with Gasteiger partial charge in [-0.1, -0.05) is 18.2 Å². The van der Waals surface area contributed by atoms with E-state index in [4.69, 9.17) is 4.74 Å². The van der Waals surface area contributed by atoms with Gasteiger partial charge in [0, 0.05) is 0 Å². The first-order chi connectivity index (χ1) is 14.3. The van der Waals surface area contributed by atoms with Crippen molar-refractivity contribution in [1.82, 2.24) is 19.6 Å². The monoisotopic (exact) mass is 412 g/mol. The van der Waals surface area contributed by atoms with Crippen molar-refractivity contribution in [3.63, 3.8) is 0 Å². The van der Waals surface area contributed by atoms with E-state index in [2.05, 4.69) is 15.5 Å². The lowest BCUT2D eigenvalue weighted by atomic mass is 10.1. The molecule has 2 heterocycles. The fourth-order valence-electron chi connectivity index (χ4n) is 3.02. The summed E-state index contributed by atoms with van der Waals surface area (Å²) in [6.07, 6.45) is 1.37. The largest absolute Gasteiger partial charge is 0.465 e. The topological polar surface area (TPSA) is 134 Å². The molecule has 156 valence electrons. The van der Waals surface area contributed by atoms with Gasteiger partial charge in [-0.2, -0.15) is 9.78 Å². The first-order valence-electron chi connectivity index (χ1n) is 8.98. The molecule has 3 rings (SSSR count). The third kappa shape index (κ3) is 4.35. The van der Waals surface area contributed by atoms with Crippen LogP contribution in [0.4, 0.5) is 11.5 Å². The minimum absolute atomic E-state index is 0.178. The lowest BCUT2D eigenvalue weighted by molar-refractivity contribution is -0.389. The van der Waals surface area contributed by atoms with Gasteiger partial charge in [-0.3, -0.25) is 9.48 Å². The van der Waals surface area contributed by atoms with E-state index in [9.17, 15) is 19.7 Å². The van der Waals surface area contributed by atoms with Gasteiger partial charge in [0.05, 0.1) is 53.7 Å². The van der Waals surface area contributed by atoms with Gasteiger partial charge in [-0.15, -0.1) is 0 Å². The highest BCUT2D eigenvalue weighted by Gasteiger charge is 2.19. The average molecular weight is 412 g/mol. The van der Waals surface area contributed by atoms with Gasteiger partial charge >= 0.3 is 11.8 Å². The van der Waals surface area contributed by atoms with Crippen molar-refractivity contribution in [1.29, 1.82) is 0 Å². The van der Waals surface area contributed by atoms with Gasteiger partial charge < -0.3 is 20.2 Å². The first-order valence-corrected chi connectivity index (χ1v) is 8.98. The van der Waals surface area contributed by atoms with Crippen LogP contribution < -0.4 is 5.32 Å². The third-order valence-electron chi connectivity index (χ3n) is 4.51. The van der Waals surface area contributed by atoms with Gasteiger partial charge in [-0.05, 0) is 30.4 Å². The smallest absolute Gasteiger partial charge is 0.389 e. The van der Waals surface area contributed by atoms with Crippen LogP contribution in [0.5, 0.6) is 0 Å². The van der Waals surface area contributed by atoms with Crippen LogP contribution in [-0.4, -0.2) is 43.5 Å². The number of aryl methyl sites for hydroxylation is 1. The zero-order valence-electron chi connectivity index (χ0n) is 16.7. The molecule has 11 heteroatoms. The van der Waals surface area contributed by atoms with Crippen LogP contribution in [0, 0.1) is 24.0 Å². The Kier molecular flexibility index (Phi) is 5.90. The van der Waals surface area contributed by atoms with E-state index in [0.717, 1.165) is 5.56 Å². The van der Waals surface area contributed by atoms with E-state index < -0.39 is 16.8 Å². The first kappa shape index (κ1) is 20.7. The number of anilines is 1. The predicted octanol–water partition coefficient (Wildman–Crippen LogP) is 2.08. The highest BCUT2D eigenvalue weighted by Crippen LogP contribution is 2.22. The number of amides is 1. The lowest BCUT2D eigenvalue weighted by Crippen LogP contribution is -2.20. The quantitative estimate of drug-likeness (QED) is 0.357. The van der Waals surface area contributed by atoms with Gasteiger partial charge in [-0.25, -0.2) is 4.79 Å². The van der Waals surface area contributed by atoms with Crippen LogP contribution in [0.3, 0.4) is 0 Å². The number of nitrogens with one attached hydrogen (secondary N) is 1. The molecule has 1 aromatic carbocycles. The number of aromatic nitrogens is 4. The van der Waals surface area contributed by atoms with Crippen molar-refractivity contribution in [3.05, 3.63) is 69.2 Å². The summed E-state index contributed by atoms with van der Waals surface area (Å²) in [6, 6.07) is 8.28. The Hall–Kier alpha value is -4.02. The second-order valence-electron chi connectivity index (χ2n) is 6.53. The summed E-state index contributed by atoms with van der Waals surface area (Å²) in [5, 5.41) is 21.7. The van der Waals surface area contributed by atoms with Crippen LogP contribution in [-0.2, 0) is 22.6 Å². The summed E-state index contributed by atoms with van der Waals surface area (Å²) >= 11 is 0. The summed E-state index contributed by atoms with van der Waals surface area (Å²) < 4.78 is 7.70. The molecule has 30 heavy (non-hydrogen) atoms. The minimum atomic E-state index is -0.626. The molecule has 0 fully saturated rings. The molecular formula is C19H20N6O5. The minimum Gasteiger partial charge on any atom is -0.465 e. The molecule has 0 aliphatic heterocycles. The van der Waals surface area contributed by atoms with Gasteiger partial charge in [0.25, 0.3) is 0 Å². The molecule has 1 N–H and O–H groups in total. The molecule has 0 aliphatic rings. The normalized spacial score (nSPS) is 10.6. The maximum absolute atomic E-state index is 12.4. The van der Waals surface area contributed by atoms with Gasteiger partial charge in [0.2, 0.25) is 5.91 Å². The van der Waals surface area contributed by atoms with Crippen LogP contribution in [0.2, 0.25) is 0 Å². The molecule has 0 spiro atoms. The second-order valence-corrected chi connectivity index (χ2v) is 6.53. The second kappa shape index (κ2) is 8.55. The molecule has 0 radical (unpaired) electrons. The summed E-state index contributed by atoms with van der Waals surface area (Å²) in [7, 11) is 1.32. The number of nitro groups is 1. The van der Waals surface area contributed by atoms with Crippen LogP contribution in [0.15, 0.2) is 36.5 Å². The molecule has 0 atom stereocenters. The molecule has 2 aromatic heterocycles.